The van der Waals surface area contributed by atoms with Gasteiger partial charge in [0.1, 0.15) is 5.82 Å². The number of aryl methyl sites for hydroxylation is 1. The molecule has 2 N–H and O–H groups in total. The first-order valence-corrected chi connectivity index (χ1v) is 6.23. The third-order valence-electron chi connectivity index (χ3n) is 3.19. The van der Waals surface area contributed by atoms with Crippen LogP contribution in [0.15, 0.2) is 48.5 Å². The molecule has 0 aliphatic heterocycles. The molecule has 2 heteroatoms. The Morgan fingerprint density at radius 2 is 1.78 bits per heavy atom. The Bertz CT molecular complexity index is 505. The van der Waals surface area contributed by atoms with Gasteiger partial charge in [-0.1, -0.05) is 42.0 Å². The van der Waals surface area contributed by atoms with E-state index in [2.05, 4.69) is 31.2 Å². The monoisotopic (exact) mass is 243 g/mol. The van der Waals surface area contributed by atoms with E-state index in [0.717, 1.165) is 12.0 Å². The smallest absolute Gasteiger partial charge is 0.123 e. The van der Waals surface area contributed by atoms with Gasteiger partial charge in [0.25, 0.3) is 0 Å². The Hall–Kier alpha value is -1.67. The SMILES string of the molecule is Cc1ccc(C(CCN)c2cccc(F)c2)cc1. The van der Waals surface area contributed by atoms with Crippen molar-refractivity contribution in [1.29, 1.82) is 0 Å². The molecule has 0 saturated heterocycles. The number of halogens is 1. The van der Waals surface area contributed by atoms with Crippen LogP contribution in [0.1, 0.15) is 29.0 Å². The first kappa shape index (κ1) is 12.8. The first-order valence-electron chi connectivity index (χ1n) is 6.23. The van der Waals surface area contributed by atoms with Crippen molar-refractivity contribution in [3.8, 4) is 0 Å². The maximum atomic E-state index is 13.3. The summed E-state index contributed by atoms with van der Waals surface area (Å²) >= 11 is 0. The van der Waals surface area contributed by atoms with E-state index in [4.69, 9.17) is 5.73 Å². The molecular formula is C16H18FN. The van der Waals surface area contributed by atoms with Gasteiger partial charge in [0.05, 0.1) is 0 Å². The molecule has 0 aromatic heterocycles. The molecule has 0 amide bonds. The van der Waals surface area contributed by atoms with E-state index in [-0.39, 0.29) is 11.7 Å². The van der Waals surface area contributed by atoms with E-state index in [0.29, 0.717) is 6.54 Å². The minimum Gasteiger partial charge on any atom is -0.330 e. The van der Waals surface area contributed by atoms with E-state index in [1.54, 1.807) is 12.1 Å². The fraction of sp³-hybridized carbons (Fsp3) is 0.250. The van der Waals surface area contributed by atoms with E-state index in [1.165, 1.54) is 17.2 Å². The molecule has 0 heterocycles. The van der Waals surface area contributed by atoms with Gasteiger partial charge in [0.15, 0.2) is 0 Å². The summed E-state index contributed by atoms with van der Waals surface area (Å²) in [6.45, 7) is 2.65. The lowest BCUT2D eigenvalue weighted by molar-refractivity contribution is 0.620. The van der Waals surface area contributed by atoms with Crippen molar-refractivity contribution in [1.82, 2.24) is 0 Å². The van der Waals surface area contributed by atoms with Crippen molar-refractivity contribution >= 4 is 0 Å². The van der Waals surface area contributed by atoms with Gasteiger partial charge in [-0.2, -0.15) is 0 Å². The summed E-state index contributed by atoms with van der Waals surface area (Å²) in [7, 11) is 0. The van der Waals surface area contributed by atoms with E-state index in [1.807, 2.05) is 6.07 Å². The number of benzene rings is 2. The zero-order chi connectivity index (χ0) is 13.0. The maximum Gasteiger partial charge on any atom is 0.123 e. The molecule has 18 heavy (non-hydrogen) atoms. The summed E-state index contributed by atoms with van der Waals surface area (Å²) in [4.78, 5) is 0. The molecule has 0 fully saturated rings. The molecule has 2 aromatic rings. The van der Waals surface area contributed by atoms with Crippen LogP contribution >= 0.6 is 0 Å². The number of rotatable bonds is 4. The summed E-state index contributed by atoms with van der Waals surface area (Å²) in [6, 6.07) is 15.1. The van der Waals surface area contributed by atoms with Gasteiger partial charge in [-0.15, -0.1) is 0 Å². The highest BCUT2D eigenvalue weighted by Crippen LogP contribution is 2.28. The van der Waals surface area contributed by atoms with Crippen LogP contribution in [0.5, 0.6) is 0 Å². The average Bonchev–Trinajstić information content (AvgIpc) is 2.37. The molecule has 2 rings (SSSR count). The van der Waals surface area contributed by atoms with Crippen molar-refractivity contribution < 1.29 is 4.39 Å². The van der Waals surface area contributed by atoms with Crippen molar-refractivity contribution in [2.24, 2.45) is 5.73 Å². The number of hydrogen-bond acceptors (Lipinski definition) is 1. The van der Waals surface area contributed by atoms with Crippen LogP contribution < -0.4 is 5.73 Å². The molecular weight excluding hydrogens is 225 g/mol. The molecule has 0 aliphatic carbocycles. The van der Waals surface area contributed by atoms with Gasteiger partial charge >= 0.3 is 0 Å². The first-order chi connectivity index (χ1) is 8.70. The lowest BCUT2D eigenvalue weighted by atomic mass is 9.88. The van der Waals surface area contributed by atoms with Gasteiger partial charge in [0.2, 0.25) is 0 Å². The molecule has 1 unspecified atom stereocenters. The summed E-state index contributed by atoms with van der Waals surface area (Å²) < 4.78 is 13.3. The summed E-state index contributed by atoms with van der Waals surface area (Å²) in [5.74, 6) is -0.0204. The van der Waals surface area contributed by atoms with Crippen LogP contribution in [0.2, 0.25) is 0 Å². The van der Waals surface area contributed by atoms with Crippen molar-refractivity contribution in [2.75, 3.05) is 6.54 Å². The van der Waals surface area contributed by atoms with Gasteiger partial charge in [0, 0.05) is 5.92 Å². The van der Waals surface area contributed by atoms with Gasteiger partial charge in [-0.05, 0) is 43.1 Å². The molecule has 94 valence electrons. The second kappa shape index (κ2) is 5.78. The van der Waals surface area contributed by atoms with Crippen LogP contribution in [0.25, 0.3) is 0 Å². The quantitative estimate of drug-likeness (QED) is 0.872. The molecule has 0 spiro atoms. The molecule has 0 saturated carbocycles. The summed E-state index contributed by atoms with van der Waals surface area (Å²) in [6.07, 6.45) is 0.826. The Morgan fingerprint density at radius 3 is 2.39 bits per heavy atom. The highest BCUT2D eigenvalue weighted by atomic mass is 19.1. The second-order valence-corrected chi connectivity index (χ2v) is 4.60. The van der Waals surface area contributed by atoms with Crippen LogP contribution in [0, 0.1) is 12.7 Å². The Balaban J connectivity index is 2.36. The minimum atomic E-state index is -0.193. The summed E-state index contributed by atoms with van der Waals surface area (Å²) in [5, 5.41) is 0. The van der Waals surface area contributed by atoms with Gasteiger partial charge in [-0.3, -0.25) is 0 Å². The molecule has 0 aliphatic rings. The Morgan fingerprint density at radius 1 is 1.06 bits per heavy atom. The topological polar surface area (TPSA) is 26.0 Å². The van der Waals surface area contributed by atoms with Crippen LogP contribution in [-0.4, -0.2) is 6.54 Å². The third kappa shape index (κ3) is 2.96. The summed E-state index contributed by atoms with van der Waals surface area (Å²) in [5.41, 5.74) is 9.09. The van der Waals surface area contributed by atoms with Crippen molar-refractivity contribution in [3.63, 3.8) is 0 Å². The zero-order valence-electron chi connectivity index (χ0n) is 10.6. The molecule has 0 radical (unpaired) electrons. The van der Waals surface area contributed by atoms with E-state index < -0.39 is 0 Å². The van der Waals surface area contributed by atoms with Crippen molar-refractivity contribution in [3.05, 3.63) is 71.0 Å². The predicted octanol–water partition coefficient (Wildman–Crippen LogP) is 3.61. The highest BCUT2D eigenvalue weighted by Gasteiger charge is 2.13. The molecule has 0 bridgehead atoms. The molecule has 2 aromatic carbocycles. The highest BCUT2D eigenvalue weighted by molar-refractivity contribution is 5.34. The second-order valence-electron chi connectivity index (χ2n) is 4.60. The largest absolute Gasteiger partial charge is 0.330 e. The lowest BCUT2D eigenvalue weighted by Crippen LogP contribution is -2.09. The molecule has 1 nitrogen and oxygen atoms in total. The van der Waals surface area contributed by atoms with Crippen LogP contribution in [0.3, 0.4) is 0 Å². The van der Waals surface area contributed by atoms with E-state index in [9.17, 15) is 4.39 Å². The lowest BCUT2D eigenvalue weighted by Gasteiger charge is -2.17. The maximum absolute atomic E-state index is 13.3. The Kier molecular flexibility index (Phi) is 4.11. The fourth-order valence-electron chi connectivity index (χ4n) is 2.21. The molecule has 1 atom stereocenters. The van der Waals surface area contributed by atoms with E-state index >= 15 is 0 Å². The zero-order valence-corrected chi connectivity index (χ0v) is 10.6. The predicted molar refractivity (Wildman–Crippen MR) is 73.1 cm³/mol. The van der Waals surface area contributed by atoms with Gasteiger partial charge in [-0.25, -0.2) is 4.39 Å². The standard InChI is InChI=1S/C16H18FN/c1-12-5-7-13(8-6-12)16(9-10-18)14-3-2-4-15(17)11-14/h2-8,11,16H,9-10,18H2,1H3. The third-order valence-corrected chi connectivity index (χ3v) is 3.19. The Labute approximate surface area is 107 Å². The van der Waals surface area contributed by atoms with Crippen molar-refractivity contribution in [2.45, 2.75) is 19.3 Å². The number of hydrogen-bond donors (Lipinski definition) is 1. The number of nitrogens with two attached hydrogens (primary N) is 1. The van der Waals surface area contributed by atoms with Crippen LogP contribution in [0.4, 0.5) is 4.39 Å². The fourth-order valence-corrected chi connectivity index (χ4v) is 2.21. The average molecular weight is 243 g/mol. The normalized spacial score (nSPS) is 12.4. The van der Waals surface area contributed by atoms with Gasteiger partial charge < -0.3 is 5.73 Å². The minimum absolute atomic E-state index is 0.172. The van der Waals surface area contributed by atoms with Crippen LogP contribution in [-0.2, 0) is 0 Å².